The van der Waals surface area contributed by atoms with Gasteiger partial charge in [0.15, 0.2) is 5.76 Å². The molecule has 0 saturated carbocycles. The molecule has 0 bridgehead atoms. The zero-order valence-electron chi connectivity index (χ0n) is 15.2. The number of aryl methyl sites for hydroxylation is 1. The molecule has 1 saturated heterocycles. The van der Waals surface area contributed by atoms with Gasteiger partial charge in [0, 0.05) is 44.7 Å². The Hall–Kier alpha value is -2.41. The highest BCUT2D eigenvalue weighted by Gasteiger charge is 2.25. The standard InChI is InChI=1S/C19H25N5O2/c1-14-21-16-6-8-20-7-5-15(16)18(22-14)23-9-3-10-24(12-11-23)19(25)17-4-2-13-26-17/h2,4,13,20H,3,5-12H2,1H3. The van der Waals surface area contributed by atoms with Crippen LogP contribution in [0.4, 0.5) is 5.82 Å². The fourth-order valence-corrected chi connectivity index (χ4v) is 3.80. The first-order chi connectivity index (χ1) is 12.7. The predicted octanol–water partition coefficient (Wildman–Crippen LogP) is 1.42. The van der Waals surface area contributed by atoms with Crippen molar-refractivity contribution in [2.24, 2.45) is 0 Å². The van der Waals surface area contributed by atoms with Crippen LogP contribution in [-0.2, 0) is 12.8 Å². The van der Waals surface area contributed by atoms with Gasteiger partial charge in [0.25, 0.3) is 5.91 Å². The molecule has 138 valence electrons. The van der Waals surface area contributed by atoms with E-state index in [2.05, 4.69) is 15.2 Å². The van der Waals surface area contributed by atoms with Crippen molar-refractivity contribution in [1.29, 1.82) is 0 Å². The van der Waals surface area contributed by atoms with E-state index >= 15 is 0 Å². The highest BCUT2D eigenvalue weighted by molar-refractivity contribution is 5.91. The lowest BCUT2D eigenvalue weighted by atomic mass is 10.1. The molecule has 26 heavy (non-hydrogen) atoms. The molecule has 2 aliphatic heterocycles. The fraction of sp³-hybridized carbons (Fsp3) is 0.526. The third-order valence-corrected chi connectivity index (χ3v) is 5.09. The summed E-state index contributed by atoms with van der Waals surface area (Å²) >= 11 is 0. The number of amides is 1. The van der Waals surface area contributed by atoms with Crippen LogP contribution in [-0.4, -0.2) is 60.0 Å². The lowest BCUT2D eigenvalue weighted by molar-refractivity contribution is 0.0735. The summed E-state index contributed by atoms with van der Waals surface area (Å²) < 4.78 is 5.27. The highest BCUT2D eigenvalue weighted by atomic mass is 16.3. The number of fused-ring (bicyclic) bond motifs is 1. The third kappa shape index (κ3) is 3.44. The zero-order valence-corrected chi connectivity index (χ0v) is 15.2. The molecule has 1 fully saturated rings. The van der Waals surface area contributed by atoms with Gasteiger partial charge in [-0.2, -0.15) is 0 Å². The summed E-state index contributed by atoms with van der Waals surface area (Å²) in [4.78, 5) is 26.2. The minimum absolute atomic E-state index is 0.0289. The fourth-order valence-electron chi connectivity index (χ4n) is 3.80. The number of carbonyl (C=O) groups is 1. The average molecular weight is 355 g/mol. The van der Waals surface area contributed by atoms with Gasteiger partial charge in [-0.3, -0.25) is 4.79 Å². The quantitative estimate of drug-likeness (QED) is 0.878. The molecule has 7 nitrogen and oxygen atoms in total. The van der Waals surface area contributed by atoms with E-state index in [9.17, 15) is 4.79 Å². The summed E-state index contributed by atoms with van der Waals surface area (Å²) in [5.74, 6) is 2.27. The van der Waals surface area contributed by atoms with E-state index in [1.165, 1.54) is 11.3 Å². The van der Waals surface area contributed by atoms with Crippen LogP contribution in [0.1, 0.15) is 34.1 Å². The summed E-state index contributed by atoms with van der Waals surface area (Å²) in [5.41, 5.74) is 2.44. The number of anilines is 1. The van der Waals surface area contributed by atoms with Crippen LogP contribution in [0.2, 0.25) is 0 Å². The van der Waals surface area contributed by atoms with Gasteiger partial charge >= 0.3 is 0 Å². The lowest BCUT2D eigenvalue weighted by Crippen LogP contribution is -2.35. The average Bonchev–Trinajstić information content (AvgIpc) is 2.92. The van der Waals surface area contributed by atoms with Gasteiger partial charge in [-0.15, -0.1) is 0 Å². The lowest BCUT2D eigenvalue weighted by Gasteiger charge is -2.25. The SMILES string of the molecule is Cc1nc2c(c(N3CCCN(C(=O)c4ccco4)CC3)n1)CCNCC2. The molecule has 1 N–H and O–H groups in total. The van der Waals surface area contributed by atoms with Crippen molar-refractivity contribution < 1.29 is 9.21 Å². The van der Waals surface area contributed by atoms with Gasteiger partial charge in [-0.05, 0) is 38.4 Å². The molecule has 2 aromatic heterocycles. The van der Waals surface area contributed by atoms with Crippen molar-refractivity contribution >= 4 is 11.7 Å². The number of carbonyl (C=O) groups excluding carboxylic acids is 1. The normalized spacial score (nSPS) is 18.2. The third-order valence-electron chi connectivity index (χ3n) is 5.09. The van der Waals surface area contributed by atoms with Crippen molar-refractivity contribution in [3.05, 3.63) is 41.2 Å². The number of nitrogens with one attached hydrogen (secondary N) is 1. The topological polar surface area (TPSA) is 74.5 Å². The first-order valence-corrected chi connectivity index (χ1v) is 9.37. The van der Waals surface area contributed by atoms with Crippen LogP contribution in [0.5, 0.6) is 0 Å². The van der Waals surface area contributed by atoms with Crippen molar-refractivity contribution in [2.75, 3.05) is 44.2 Å². The second-order valence-corrected chi connectivity index (χ2v) is 6.88. The Bertz CT molecular complexity index is 774. The summed E-state index contributed by atoms with van der Waals surface area (Å²) in [6.45, 7) is 6.99. The zero-order chi connectivity index (χ0) is 17.9. The van der Waals surface area contributed by atoms with E-state index < -0.39 is 0 Å². The minimum Gasteiger partial charge on any atom is -0.459 e. The van der Waals surface area contributed by atoms with E-state index in [-0.39, 0.29) is 5.91 Å². The van der Waals surface area contributed by atoms with E-state index in [1.54, 1.807) is 18.4 Å². The first kappa shape index (κ1) is 17.0. The largest absolute Gasteiger partial charge is 0.459 e. The second kappa shape index (κ2) is 7.45. The van der Waals surface area contributed by atoms with Gasteiger partial charge < -0.3 is 19.5 Å². The van der Waals surface area contributed by atoms with Crippen LogP contribution >= 0.6 is 0 Å². The molecule has 0 aromatic carbocycles. The Morgan fingerprint density at radius 1 is 1.15 bits per heavy atom. The number of hydrogen-bond acceptors (Lipinski definition) is 6. The minimum atomic E-state index is -0.0289. The van der Waals surface area contributed by atoms with E-state index in [4.69, 9.17) is 9.40 Å². The summed E-state index contributed by atoms with van der Waals surface area (Å²) in [7, 11) is 0. The highest BCUT2D eigenvalue weighted by Crippen LogP contribution is 2.24. The van der Waals surface area contributed by atoms with Gasteiger partial charge in [0.2, 0.25) is 0 Å². The number of nitrogens with zero attached hydrogens (tertiary/aromatic N) is 4. The van der Waals surface area contributed by atoms with Crippen molar-refractivity contribution in [3.63, 3.8) is 0 Å². The van der Waals surface area contributed by atoms with Gasteiger partial charge in [-0.1, -0.05) is 0 Å². The Morgan fingerprint density at radius 3 is 2.88 bits per heavy atom. The van der Waals surface area contributed by atoms with E-state index in [1.807, 2.05) is 11.8 Å². The smallest absolute Gasteiger partial charge is 0.289 e. The Morgan fingerprint density at radius 2 is 2.04 bits per heavy atom. The van der Waals surface area contributed by atoms with Gasteiger partial charge in [0.05, 0.1) is 12.0 Å². The van der Waals surface area contributed by atoms with Crippen molar-refractivity contribution in [2.45, 2.75) is 26.2 Å². The molecule has 7 heteroatoms. The first-order valence-electron chi connectivity index (χ1n) is 9.37. The van der Waals surface area contributed by atoms with Crippen LogP contribution in [0.25, 0.3) is 0 Å². The molecule has 4 heterocycles. The van der Waals surface area contributed by atoms with E-state index in [0.717, 1.165) is 63.6 Å². The predicted molar refractivity (Wildman–Crippen MR) is 98.5 cm³/mol. The number of rotatable bonds is 2. The Labute approximate surface area is 153 Å². The monoisotopic (exact) mass is 355 g/mol. The van der Waals surface area contributed by atoms with Crippen LogP contribution < -0.4 is 10.2 Å². The molecule has 2 aliphatic rings. The maximum atomic E-state index is 12.6. The molecule has 0 unspecified atom stereocenters. The van der Waals surface area contributed by atoms with Crippen LogP contribution in [0, 0.1) is 6.92 Å². The molecule has 0 spiro atoms. The van der Waals surface area contributed by atoms with Gasteiger partial charge in [0.1, 0.15) is 11.6 Å². The number of furan rings is 1. The molecule has 2 aromatic rings. The Kier molecular flexibility index (Phi) is 4.88. The second-order valence-electron chi connectivity index (χ2n) is 6.88. The summed E-state index contributed by atoms with van der Waals surface area (Å²) in [6, 6.07) is 3.48. The maximum Gasteiger partial charge on any atom is 0.289 e. The Balaban J connectivity index is 1.54. The summed E-state index contributed by atoms with van der Waals surface area (Å²) in [5, 5.41) is 3.44. The van der Waals surface area contributed by atoms with E-state index in [0.29, 0.717) is 12.3 Å². The van der Waals surface area contributed by atoms with Crippen molar-refractivity contribution in [1.82, 2.24) is 20.2 Å². The van der Waals surface area contributed by atoms with Crippen molar-refractivity contribution in [3.8, 4) is 0 Å². The maximum absolute atomic E-state index is 12.6. The van der Waals surface area contributed by atoms with Crippen LogP contribution in [0.15, 0.2) is 22.8 Å². The number of aromatic nitrogens is 2. The molecular formula is C19H25N5O2. The molecule has 4 rings (SSSR count). The molecule has 0 atom stereocenters. The van der Waals surface area contributed by atoms with Crippen LogP contribution in [0.3, 0.4) is 0 Å². The number of hydrogen-bond donors (Lipinski definition) is 1. The molecule has 1 amide bonds. The molecule has 0 radical (unpaired) electrons. The summed E-state index contributed by atoms with van der Waals surface area (Å²) in [6.07, 6.45) is 4.37. The molecular weight excluding hydrogens is 330 g/mol. The van der Waals surface area contributed by atoms with Gasteiger partial charge in [-0.25, -0.2) is 9.97 Å². The molecule has 0 aliphatic carbocycles.